The molecular weight excluding hydrogens is 196 g/mol. The number of aromatic nitrogens is 2. The second kappa shape index (κ2) is 4.97. The third kappa shape index (κ3) is 2.51. The Kier molecular flexibility index (Phi) is 3.40. The molecule has 2 aromatic rings. The molecule has 0 bridgehead atoms. The fraction of sp³-hybridized carbons (Fsp3) is 0.357. The summed E-state index contributed by atoms with van der Waals surface area (Å²) < 4.78 is 2.24. The number of hydrogen-bond acceptors (Lipinski definition) is 1. The Morgan fingerprint density at radius 2 is 2.00 bits per heavy atom. The molecule has 2 nitrogen and oxygen atoms in total. The van der Waals surface area contributed by atoms with Crippen LogP contribution in [-0.4, -0.2) is 9.55 Å². The van der Waals surface area contributed by atoms with Crippen LogP contribution in [0.15, 0.2) is 42.7 Å². The van der Waals surface area contributed by atoms with E-state index in [0.29, 0.717) is 6.04 Å². The van der Waals surface area contributed by atoms with E-state index in [0.717, 1.165) is 18.7 Å². The zero-order chi connectivity index (χ0) is 11.4. The molecule has 16 heavy (non-hydrogen) atoms. The van der Waals surface area contributed by atoms with E-state index in [4.69, 9.17) is 0 Å². The van der Waals surface area contributed by atoms with Gasteiger partial charge in [-0.3, -0.25) is 0 Å². The van der Waals surface area contributed by atoms with Gasteiger partial charge in [0.1, 0.15) is 5.82 Å². The average molecular weight is 214 g/mol. The Bertz CT molecular complexity index is 431. The second-order valence-electron chi connectivity index (χ2n) is 4.26. The molecule has 0 aliphatic rings. The van der Waals surface area contributed by atoms with Crippen LogP contribution in [0.3, 0.4) is 0 Å². The third-order valence-corrected chi connectivity index (χ3v) is 3.03. The van der Waals surface area contributed by atoms with Crippen molar-refractivity contribution in [1.29, 1.82) is 0 Å². The summed E-state index contributed by atoms with van der Waals surface area (Å²) in [6.07, 6.45) is 6.21. The molecule has 0 radical (unpaired) electrons. The molecule has 0 saturated heterocycles. The highest BCUT2D eigenvalue weighted by Gasteiger charge is 2.06. The van der Waals surface area contributed by atoms with E-state index in [1.807, 2.05) is 6.20 Å². The monoisotopic (exact) mass is 214 g/mol. The Morgan fingerprint density at radius 3 is 2.62 bits per heavy atom. The van der Waals surface area contributed by atoms with Crippen LogP contribution in [0.25, 0.3) is 0 Å². The molecule has 0 spiro atoms. The van der Waals surface area contributed by atoms with Crippen LogP contribution in [0.1, 0.15) is 30.8 Å². The maximum atomic E-state index is 4.26. The van der Waals surface area contributed by atoms with E-state index in [-0.39, 0.29) is 0 Å². The zero-order valence-corrected chi connectivity index (χ0v) is 9.93. The quantitative estimate of drug-likeness (QED) is 0.763. The first-order valence-electron chi connectivity index (χ1n) is 5.80. The van der Waals surface area contributed by atoms with Gasteiger partial charge in [0.05, 0.1) is 0 Å². The number of imidazole rings is 1. The lowest BCUT2D eigenvalue weighted by atomic mass is 10.1. The number of aryl methyl sites for hydroxylation is 2. The average Bonchev–Trinajstić information content (AvgIpc) is 2.74. The van der Waals surface area contributed by atoms with Crippen molar-refractivity contribution in [3.8, 4) is 0 Å². The van der Waals surface area contributed by atoms with E-state index in [2.05, 4.69) is 59.9 Å². The standard InChI is InChI=1S/C14H18N2/c1-12(16-11-10-15-13(16)2)8-9-14-6-4-3-5-7-14/h3-7,10-12H,8-9H2,1-2H3. The molecule has 1 unspecified atom stereocenters. The van der Waals surface area contributed by atoms with Gasteiger partial charge in [0.2, 0.25) is 0 Å². The van der Waals surface area contributed by atoms with Gasteiger partial charge in [-0.1, -0.05) is 30.3 Å². The fourth-order valence-corrected chi connectivity index (χ4v) is 2.01. The summed E-state index contributed by atoms with van der Waals surface area (Å²) in [4.78, 5) is 4.26. The van der Waals surface area contributed by atoms with Crippen LogP contribution in [-0.2, 0) is 6.42 Å². The summed E-state index contributed by atoms with van der Waals surface area (Å²) in [5.41, 5.74) is 1.41. The first-order valence-corrected chi connectivity index (χ1v) is 5.80. The maximum Gasteiger partial charge on any atom is 0.105 e. The molecule has 0 aliphatic heterocycles. The normalized spacial score (nSPS) is 12.6. The second-order valence-corrected chi connectivity index (χ2v) is 4.26. The SMILES string of the molecule is Cc1nccn1C(C)CCc1ccccc1. The van der Waals surface area contributed by atoms with E-state index in [9.17, 15) is 0 Å². The minimum absolute atomic E-state index is 0.516. The van der Waals surface area contributed by atoms with Gasteiger partial charge < -0.3 is 4.57 Å². The summed E-state index contributed by atoms with van der Waals surface area (Å²) in [7, 11) is 0. The molecule has 0 N–H and O–H groups in total. The highest BCUT2D eigenvalue weighted by molar-refractivity contribution is 5.14. The molecule has 84 valence electrons. The van der Waals surface area contributed by atoms with Crippen LogP contribution in [0.5, 0.6) is 0 Å². The summed E-state index contributed by atoms with van der Waals surface area (Å²) in [5.74, 6) is 1.10. The van der Waals surface area contributed by atoms with Crippen molar-refractivity contribution in [2.45, 2.75) is 32.7 Å². The van der Waals surface area contributed by atoms with Crippen LogP contribution in [0.4, 0.5) is 0 Å². The number of nitrogens with zero attached hydrogens (tertiary/aromatic N) is 2. The van der Waals surface area contributed by atoms with Crippen LogP contribution >= 0.6 is 0 Å². The largest absolute Gasteiger partial charge is 0.332 e. The van der Waals surface area contributed by atoms with Crippen molar-refractivity contribution in [1.82, 2.24) is 9.55 Å². The number of benzene rings is 1. The summed E-state index contributed by atoms with van der Waals surface area (Å²) >= 11 is 0. The molecule has 1 heterocycles. The van der Waals surface area contributed by atoms with Gasteiger partial charge in [0.15, 0.2) is 0 Å². The van der Waals surface area contributed by atoms with Crippen molar-refractivity contribution in [2.24, 2.45) is 0 Å². The van der Waals surface area contributed by atoms with Crippen LogP contribution in [0.2, 0.25) is 0 Å². The highest BCUT2D eigenvalue weighted by atomic mass is 15.1. The molecule has 0 fully saturated rings. The summed E-state index contributed by atoms with van der Waals surface area (Å²) in [5, 5.41) is 0. The Hall–Kier alpha value is -1.57. The first-order chi connectivity index (χ1) is 7.77. The molecule has 0 aliphatic carbocycles. The lowest BCUT2D eigenvalue weighted by Gasteiger charge is -2.14. The van der Waals surface area contributed by atoms with Gasteiger partial charge in [-0.15, -0.1) is 0 Å². The predicted molar refractivity (Wildman–Crippen MR) is 66.4 cm³/mol. The topological polar surface area (TPSA) is 17.8 Å². The highest BCUT2D eigenvalue weighted by Crippen LogP contribution is 2.15. The van der Waals surface area contributed by atoms with Crippen LogP contribution < -0.4 is 0 Å². The Balaban J connectivity index is 1.94. The molecule has 1 atom stereocenters. The fourth-order valence-electron chi connectivity index (χ4n) is 2.01. The Labute approximate surface area is 97.0 Å². The van der Waals surface area contributed by atoms with Gasteiger partial charge in [0.25, 0.3) is 0 Å². The molecule has 2 rings (SSSR count). The minimum atomic E-state index is 0.516. The lowest BCUT2D eigenvalue weighted by molar-refractivity contribution is 0.496. The minimum Gasteiger partial charge on any atom is -0.332 e. The zero-order valence-electron chi connectivity index (χ0n) is 9.93. The number of rotatable bonds is 4. The van der Waals surface area contributed by atoms with E-state index < -0.39 is 0 Å². The van der Waals surface area contributed by atoms with E-state index in [1.54, 1.807) is 0 Å². The molecule has 0 amide bonds. The van der Waals surface area contributed by atoms with Crippen molar-refractivity contribution < 1.29 is 0 Å². The van der Waals surface area contributed by atoms with Crippen molar-refractivity contribution in [2.75, 3.05) is 0 Å². The number of hydrogen-bond donors (Lipinski definition) is 0. The molecule has 1 aromatic heterocycles. The Morgan fingerprint density at radius 1 is 1.25 bits per heavy atom. The van der Waals surface area contributed by atoms with Gasteiger partial charge in [-0.05, 0) is 32.3 Å². The van der Waals surface area contributed by atoms with Crippen LogP contribution in [0, 0.1) is 6.92 Å². The van der Waals surface area contributed by atoms with Gasteiger partial charge in [-0.2, -0.15) is 0 Å². The first kappa shape index (κ1) is 10.9. The summed E-state index contributed by atoms with van der Waals surface area (Å²) in [6.45, 7) is 4.30. The molecular formula is C14H18N2. The van der Waals surface area contributed by atoms with Gasteiger partial charge in [-0.25, -0.2) is 4.98 Å². The van der Waals surface area contributed by atoms with Crippen molar-refractivity contribution in [3.63, 3.8) is 0 Å². The van der Waals surface area contributed by atoms with Crippen molar-refractivity contribution >= 4 is 0 Å². The van der Waals surface area contributed by atoms with E-state index >= 15 is 0 Å². The molecule has 2 heteroatoms. The third-order valence-electron chi connectivity index (χ3n) is 3.03. The lowest BCUT2D eigenvalue weighted by Crippen LogP contribution is -2.07. The summed E-state index contributed by atoms with van der Waals surface area (Å²) in [6, 6.07) is 11.2. The smallest absolute Gasteiger partial charge is 0.105 e. The van der Waals surface area contributed by atoms with Crippen molar-refractivity contribution in [3.05, 3.63) is 54.1 Å². The predicted octanol–water partition coefficient (Wildman–Crippen LogP) is 3.39. The molecule has 1 aromatic carbocycles. The van der Waals surface area contributed by atoms with Gasteiger partial charge in [0, 0.05) is 18.4 Å². The molecule has 0 saturated carbocycles. The van der Waals surface area contributed by atoms with Gasteiger partial charge >= 0.3 is 0 Å². The van der Waals surface area contributed by atoms with E-state index in [1.165, 1.54) is 5.56 Å². The maximum absolute atomic E-state index is 4.26.